The molecule has 0 spiro atoms. The van der Waals surface area contributed by atoms with Crippen molar-refractivity contribution in [2.24, 2.45) is 5.73 Å². The Morgan fingerprint density at radius 3 is 2.24 bits per heavy atom. The van der Waals surface area contributed by atoms with Gasteiger partial charge in [-0.15, -0.1) is 0 Å². The average molecular weight is 305 g/mol. The van der Waals surface area contributed by atoms with Crippen molar-refractivity contribution in [1.82, 2.24) is 0 Å². The topological polar surface area (TPSA) is 115 Å². The number of nitrogens with two attached hydrogens (primary N) is 2. The lowest BCUT2D eigenvalue weighted by Gasteiger charge is -2.12. The first-order valence-corrected chi connectivity index (χ1v) is 7.57. The molecule has 0 heterocycles. The number of hydrogen-bond donors (Lipinski definition) is 3. The molecule has 0 unspecified atom stereocenters. The zero-order valence-electron chi connectivity index (χ0n) is 11.3. The Hall–Kier alpha value is -2.54. The molecule has 0 bridgehead atoms. The third-order valence-electron chi connectivity index (χ3n) is 2.93. The molecule has 0 aliphatic rings. The summed E-state index contributed by atoms with van der Waals surface area (Å²) in [6, 6.07) is 10.7. The summed E-state index contributed by atoms with van der Waals surface area (Å²) in [6.45, 7) is 1.67. The highest BCUT2D eigenvalue weighted by molar-refractivity contribution is 7.93. The lowest BCUT2D eigenvalue weighted by molar-refractivity contribution is 0.100. The largest absolute Gasteiger partial charge is 0.398 e. The van der Waals surface area contributed by atoms with Crippen molar-refractivity contribution in [3.05, 3.63) is 53.6 Å². The number of anilines is 2. The fourth-order valence-corrected chi connectivity index (χ4v) is 3.37. The predicted molar refractivity (Wildman–Crippen MR) is 81.4 cm³/mol. The zero-order chi connectivity index (χ0) is 15.6. The molecule has 2 aromatic carbocycles. The quantitative estimate of drug-likeness (QED) is 0.742. The van der Waals surface area contributed by atoms with E-state index in [1.807, 2.05) is 0 Å². The number of amides is 1. The van der Waals surface area contributed by atoms with E-state index >= 15 is 0 Å². The van der Waals surface area contributed by atoms with E-state index in [4.69, 9.17) is 11.5 Å². The number of aryl methyl sites for hydroxylation is 1. The molecule has 2 rings (SSSR count). The van der Waals surface area contributed by atoms with Crippen molar-refractivity contribution in [2.45, 2.75) is 11.8 Å². The van der Waals surface area contributed by atoms with Gasteiger partial charge in [0.1, 0.15) is 4.90 Å². The fourth-order valence-electron chi connectivity index (χ4n) is 1.95. The molecular formula is C14H15N3O3S. The van der Waals surface area contributed by atoms with E-state index < -0.39 is 15.9 Å². The minimum absolute atomic E-state index is 0.0453. The van der Waals surface area contributed by atoms with E-state index in [1.54, 1.807) is 19.1 Å². The minimum Gasteiger partial charge on any atom is -0.398 e. The van der Waals surface area contributed by atoms with Gasteiger partial charge in [-0.2, -0.15) is 0 Å². The Kier molecular flexibility index (Phi) is 3.86. The summed E-state index contributed by atoms with van der Waals surface area (Å²) in [4.78, 5) is 11.0. The molecule has 0 aliphatic heterocycles. The summed E-state index contributed by atoms with van der Waals surface area (Å²) in [5.74, 6) is -0.576. The van der Waals surface area contributed by atoms with Crippen LogP contribution in [-0.4, -0.2) is 14.3 Å². The highest BCUT2D eigenvalue weighted by Gasteiger charge is 2.20. The monoisotopic (exact) mass is 305 g/mol. The maximum Gasteiger partial charge on any atom is 0.264 e. The van der Waals surface area contributed by atoms with Gasteiger partial charge in [0.25, 0.3) is 10.0 Å². The van der Waals surface area contributed by atoms with Crippen LogP contribution >= 0.6 is 0 Å². The van der Waals surface area contributed by atoms with Crippen LogP contribution < -0.4 is 16.2 Å². The summed E-state index contributed by atoms with van der Waals surface area (Å²) in [6.07, 6.45) is 0. The van der Waals surface area contributed by atoms with Crippen LogP contribution in [0.4, 0.5) is 11.4 Å². The van der Waals surface area contributed by atoms with Crippen molar-refractivity contribution in [2.75, 3.05) is 10.5 Å². The number of hydrogen-bond acceptors (Lipinski definition) is 4. The van der Waals surface area contributed by atoms with Gasteiger partial charge in [0.05, 0.1) is 5.69 Å². The Balaban J connectivity index is 2.35. The Morgan fingerprint density at radius 2 is 1.71 bits per heavy atom. The molecule has 0 aliphatic carbocycles. The third-order valence-corrected chi connectivity index (χ3v) is 4.53. The van der Waals surface area contributed by atoms with Gasteiger partial charge in [-0.25, -0.2) is 8.42 Å². The molecule has 0 atom stereocenters. The summed E-state index contributed by atoms with van der Waals surface area (Å²) < 4.78 is 27.2. The first-order valence-electron chi connectivity index (χ1n) is 6.09. The second-order valence-corrected chi connectivity index (χ2v) is 6.16. The van der Waals surface area contributed by atoms with Gasteiger partial charge in [-0.1, -0.05) is 12.1 Å². The molecule has 110 valence electrons. The lowest BCUT2D eigenvalue weighted by Crippen LogP contribution is -2.16. The molecule has 6 nitrogen and oxygen atoms in total. The smallest absolute Gasteiger partial charge is 0.264 e. The highest BCUT2D eigenvalue weighted by atomic mass is 32.2. The highest BCUT2D eigenvalue weighted by Crippen LogP contribution is 2.24. The van der Waals surface area contributed by atoms with Crippen LogP contribution in [0.5, 0.6) is 0 Å². The van der Waals surface area contributed by atoms with Gasteiger partial charge in [-0.3, -0.25) is 9.52 Å². The van der Waals surface area contributed by atoms with Gasteiger partial charge >= 0.3 is 0 Å². The Morgan fingerprint density at radius 1 is 1.10 bits per heavy atom. The number of rotatable bonds is 4. The fraction of sp³-hybridized carbons (Fsp3) is 0.0714. The second kappa shape index (κ2) is 5.45. The number of sulfonamides is 1. The minimum atomic E-state index is -3.80. The first-order chi connectivity index (χ1) is 9.81. The number of benzene rings is 2. The van der Waals surface area contributed by atoms with Gasteiger partial charge < -0.3 is 11.5 Å². The van der Waals surface area contributed by atoms with E-state index in [0.717, 1.165) is 0 Å². The molecular weight excluding hydrogens is 290 g/mol. The lowest BCUT2D eigenvalue weighted by atomic mass is 10.2. The SMILES string of the molecule is Cc1cccc(N)c1S(=O)(=O)Nc1ccc(C(N)=O)cc1. The van der Waals surface area contributed by atoms with Crippen LogP contribution in [0.2, 0.25) is 0 Å². The van der Waals surface area contributed by atoms with Crippen LogP contribution in [0, 0.1) is 6.92 Å². The molecule has 5 N–H and O–H groups in total. The van der Waals surface area contributed by atoms with Gasteiger partial charge in [0, 0.05) is 11.3 Å². The van der Waals surface area contributed by atoms with Crippen molar-refractivity contribution < 1.29 is 13.2 Å². The summed E-state index contributed by atoms with van der Waals surface area (Å²) in [7, 11) is -3.80. The number of carbonyl (C=O) groups excluding carboxylic acids is 1. The van der Waals surface area contributed by atoms with E-state index in [2.05, 4.69) is 4.72 Å². The zero-order valence-corrected chi connectivity index (χ0v) is 12.1. The summed E-state index contributed by atoms with van der Waals surface area (Å²) in [5, 5.41) is 0. The molecule has 1 amide bonds. The van der Waals surface area contributed by atoms with E-state index in [-0.39, 0.29) is 10.6 Å². The molecule has 0 saturated carbocycles. The molecule has 0 saturated heterocycles. The molecule has 21 heavy (non-hydrogen) atoms. The Labute approximate surface area is 122 Å². The van der Waals surface area contributed by atoms with Crippen LogP contribution in [0.25, 0.3) is 0 Å². The maximum absolute atomic E-state index is 12.4. The van der Waals surface area contributed by atoms with Crippen molar-refractivity contribution in [3.8, 4) is 0 Å². The van der Waals surface area contributed by atoms with Crippen molar-refractivity contribution in [3.63, 3.8) is 0 Å². The van der Waals surface area contributed by atoms with Crippen LogP contribution in [0.3, 0.4) is 0 Å². The molecule has 2 aromatic rings. The number of carbonyl (C=O) groups is 1. The van der Waals surface area contributed by atoms with E-state index in [1.165, 1.54) is 30.3 Å². The maximum atomic E-state index is 12.4. The number of nitrogen functional groups attached to an aromatic ring is 1. The van der Waals surface area contributed by atoms with E-state index in [9.17, 15) is 13.2 Å². The number of primary amides is 1. The summed E-state index contributed by atoms with van der Waals surface area (Å²) >= 11 is 0. The normalized spacial score (nSPS) is 11.1. The van der Waals surface area contributed by atoms with Gasteiger partial charge in [-0.05, 0) is 42.8 Å². The standard InChI is InChI=1S/C14H15N3O3S/c1-9-3-2-4-12(15)13(9)21(19,20)17-11-7-5-10(6-8-11)14(16)18/h2-8,17H,15H2,1H3,(H2,16,18). The molecule has 7 heteroatoms. The summed E-state index contributed by atoms with van der Waals surface area (Å²) in [5.41, 5.74) is 12.2. The number of nitrogens with one attached hydrogen (secondary N) is 1. The van der Waals surface area contributed by atoms with Gasteiger partial charge in [0.15, 0.2) is 0 Å². The van der Waals surface area contributed by atoms with Crippen molar-refractivity contribution >= 4 is 27.3 Å². The predicted octanol–water partition coefficient (Wildman–Crippen LogP) is 1.48. The molecule has 0 fully saturated rings. The molecule has 0 radical (unpaired) electrons. The van der Waals surface area contributed by atoms with Crippen LogP contribution in [0.1, 0.15) is 15.9 Å². The van der Waals surface area contributed by atoms with Crippen LogP contribution in [-0.2, 0) is 10.0 Å². The van der Waals surface area contributed by atoms with Crippen LogP contribution in [0.15, 0.2) is 47.4 Å². The second-order valence-electron chi connectivity index (χ2n) is 4.54. The van der Waals surface area contributed by atoms with E-state index in [0.29, 0.717) is 16.8 Å². The Bertz CT molecular complexity index is 763. The van der Waals surface area contributed by atoms with Gasteiger partial charge in [0.2, 0.25) is 5.91 Å². The average Bonchev–Trinajstić information content (AvgIpc) is 2.38. The first kappa shape index (κ1) is 14.9. The third kappa shape index (κ3) is 3.14. The van der Waals surface area contributed by atoms with Crippen molar-refractivity contribution in [1.29, 1.82) is 0 Å². The molecule has 0 aromatic heterocycles.